The quantitative estimate of drug-likeness (QED) is 0.780. The molecule has 1 aliphatic carbocycles. The number of aromatic nitrogens is 2. The smallest absolute Gasteiger partial charge is 0.246 e. The molecule has 4 nitrogen and oxygen atoms in total. The Kier molecular flexibility index (Phi) is 4.97. The molecular formula is C19H21F2N3O. The van der Waals surface area contributed by atoms with Crippen molar-refractivity contribution in [1.29, 1.82) is 0 Å². The fourth-order valence-electron chi connectivity index (χ4n) is 3.39. The number of hydrogen-bond donors (Lipinski definition) is 0. The Balaban J connectivity index is 1.88. The average molecular weight is 345 g/mol. The van der Waals surface area contributed by atoms with Crippen molar-refractivity contribution in [2.45, 2.75) is 38.8 Å². The van der Waals surface area contributed by atoms with Gasteiger partial charge in [-0.05, 0) is 55.0 Å². The molecule has 25 heavy (non-hydrogen) atoms. The number of nitrogens with zero attached hydrogens (tertiary/aromatic N) is 3. The van der Waals surface area contributed by atoms with Gasteiger partial charge in [0.05, 0.1) is 17.9 Å². The van der Waals surface area contributed by atoms with Gasteiger partial charge >= 0.3 is 0 Å². The van der Waals surface area contributed by atoms with Crippen LogP contribution in [0.5, 0.6) is 0 Å². The van der Waals surface area contributed by atoms with Gasteiger partial charge < -0.3 is 4.90 Å². The van der Waals surface area contributed by atoms with E-state index in [1.165, 1.54) is 28.7 Å². The Morgan fingerprint density at radius 1 is 1.24 bits per heavy atom. The van der Waals surface area contributed by atoms with Gasteiger partial charge in [-0.3, -0.25) is 9.48 Å². The normalized spacial score (nSPS) is 13.4. The number of amides is 1. The second kappa shape index (κ2) is 7.17. The maximum absolute atomic E-state index is 13.5. The summed E-state index contributed by atoms with van der Waals surface area (Å²) in [6.07, 6.45) is 5.35. The van der Waals surface area contributed by atoms with Gasteiger partial charge in [-0.15, -0.1) is 0 Å². The first-order chi connectivity index (χ1) is 12.0. The lowest BCUT2D eigenvalue weighted by molar-refractivity contribution is -0.127. The molecule has 1 aliphatic rings. The first-order valence-electron chi connectivity index (χ1n) is 8.38. The van der Waals surface area contributed by atoms with E-state index in [1.807, 2.05) is 11.7 Å². The van der Waals surface area contributed by atoms with E-state index >= 15 is 0 Å². The number of carbonyl (C=O) groups is 1. The van der Waals surface area contributed by atoms with Crippen LogP contribution in [-0.2, 0) is 37.8 Å². The van der Waals surface area contributed by atoms with Crippen LogP contribution in [0.1, 0.15) is 35.4 Å². The van der Waals surface area contributed by atoms with Crippen LogP contribution in [0.15, 0.2) is 30.9 Å². The van der Waals surface area contributed by atoms with Gasteiger partial charge in [0.2, 0.25) is 5.91 Å². The summed E-state index contributed by atoms with van der Waals surface area (Å²) in [5.41, 5.74) is 3.66. The minimum Gasteiger partial charge on any atom is -0.329 e. The van der Waals surface area contributed by atoms with E-state index in [0.717, 1.165) is 43.1 Å². The highest BCUT2D eigenvalue weighted by Crippen LogP contribution is 2.25. The SMILES string of the molecule is C=CC(=O)N(Cc1cc(F)cc(F)c1)Cc1c2c(nn1C)CCCC2. The summed E-state index contributed by atoms with van der Waals surface area (Å²) in [5.74, 6) is -1.59. The van der Waals surface area contributed by atoms with Gasteiger partial charge in [0, 0.05) is 19.7 Å². The van der Waals surface area contributed by atoms with Gasteiger partial charge in [0.25, 0.3) is 0 Å². The number of rotatable bonds is 5. The third kappa shape index (κ3) is 3.78. The second-order valence-electron chi connectivity index (χ2n) is 6.38. The summed E-state index contributed by atoms with van der Waals surface area (Å²) in [7, 11) is 1.87. The molecule has 0 spiro atoms. The van der Waals surface area contributed by atoms with Crippen LogP contribution >= 0.6 is 0 Å². The third-order valence-corrected chi connectivity index (χ3v) is 4.57. The Labute approximate surface area is 145 Å². The molecule has 0 bridgehead atoms. The topological polar surface area (TPSA) is 38.1 Å². The maximum Gasteiger partial charge on any atom is 0.246 e. The molecular weight excluding hydrogens is 324 g/mol. The molecule has 1 aromatic heterocycles. The minimum atomic E-state index is -0.654. The summed E-state index contributed by atoms with van der Waals surface area (Å²) in [6, 6.07) is 3.30. The van der Waals surface area contributed by atoms with E-state index in [2.05, 4.69) is 11.7 Å². The van der Waals surface area contributed by atoms with Gasteiger partial charge in [0.1, 0.15) is 11.6 Å². The van der Waals surface area contributed by atoms with Crippen LogP contribution in [0.2, 0.25) is 0 Å². The molecule has 2 aromatic rings. The molecule has 6 heteroatoms. The van der Waals surface area contributed by atoms with Crippen LogP contribution in [0.4, 0.5) is 8.78 Å². The summed E-state index contributed by atoms with van der Waals surface area (Å²) in [6.45, 7) is 3.98. The van der Waals surface area contributed by atoms with Crippen LogP contribution in [-0.4, -0.2) is 20.6 Å². The summed E-state index contributed by atoms with van der Waals surface area (Å²) in [5, 5.41) is 4.56. The van der Waals surface area contributed by atoms with E-state index in [1.54, 1.807) is 0 Å². The Morgan fingerprint density at radius 2 is 1.92 bits per heavy atom. The monoisotopic (exact) mass is 345 g/mol. The van der Waals surface area contributed by atoms with Gasteiger partial charge in [-0.2, -0.15) is 5.10 Å². The van der Waals surface area contributed by atoms with Crippen molar-refractivity contribution in [3.63, 3.8) is 0 Å². The largest absolute Gasteiger partial charge is 0.329 e. The van der Waals surface area contributed by atoms with Crippen molar-refractivity contribution in [1.82, 2.24) is 14.7 Å². The standard InChI is InChI=1S/C19H21F2N3O/c1-3-19(25)24(11-13-8-14(20)10-15(21)9-13)12-18-16-6-4-5-7-17(16)22-23(18)2/h3,8-10H,1,4-7,11-12H2,2H3. The molecule has 0 unspecified atom stereocenters. The molecule has 1 amide bonds. The van der Waals surface area contributed by atoms with Crippen molar-refractivity contribution in [3.8, 4) is 0 Å². The first kappa shape index (κ1) is 17.3. The van der Waals surface area contributed by atoms with Crippen molar-refractivity contribution in [2.24, 2.45) is 7.05 Å². The highest BCUT2D eigenvalue weighted by molar-refractivity contribution is 5.86. The number of fused-ring (bicyclic) bond motifs is 1. The predicted octanol–water partition coefficient (Wildman–Crippen LogP) is 3.29. The molecule has 1 aromatic carbocycles. The molecule has 0 saturated carbocycles. The molecule has 0 aliphatic heterocycles. The van der Waals surface area contributed by atoms with E-state index in [0.29, 0.717) is 12.1 Å². The Bertz CT molecular complexity index is 793. The lowest BCUT2D eigenvalue weighted by Crippen LogP contribution is -2.30. The molecule has 3 rings (SSSR count). The lowest BCUT2D eigenvalue weighted by atomic mass is 9.95. The summed E-state index contributed by atoms with van der Waals surface area (Å²) < 4.78 is 28.7. The second-order valence-corrected chi connectivity index (χ2v) is 6.38. The summed E-state index contributed by atoms with van der Waals surface area (Å²) >= 11 is 0. The van der Waals surface area contributed by atoms with Gasteiger partial charge in [-0.1, -0.05) is 6.58 Å². The van der Waals surface area contributed by atoms with Crippen molar-refractivity contribution < 1.29 is 13.6 Å². The van der Waals surface area contributed by atoms with Crippen LogP contribution in [0.25, 0.3) is 0 Å². The number of hydrogen-bond acceptors (Lipinski definition) is 2. The molecule has 1 heterocycles. The van der Waals surface area contributed by atoms with E-state index < -0.39 is 11.6 Å². The molecule has 0 fully saturated rings. The van der Waals surface area contributed by atoms with Gasteiger partial charge in [0.15, 0.2) is 0 Å². The third-order valence-electron chi connectivity index (χ3n) is 4.57. The molecule has 0 saturated heterocycles. The van der Waals surface area contributed by atoms with Crippen molar-refractivity contribution in [3.05, 3.63) is 65.0 Å². The summed E-state index contributed by atoms with van der Waals surface area (Å²) in [4.78, 5) is 13.8. The molecule has 0 radical (unpaired) electrons. The Morgan fingerprint density at radius 3 is 2.60 bits per heavy atom. The molecule has 0 N–H and O–H groups in total. The maximum atomic E-state index is 13.5. The zero-order valence-corrected chi connectivity index (χ0v) is 14.3. The fourth-order valence-corrected chi connectivity index (χ4v) is 3.39. The zero-order chi connectivity index (χ0) is 18.0. The minimum absolute atomic E-state index is 0.111. The van der Waals surface area contributed by atoms with Crippen molar-refractivity contribution >= 4 is 5.91 Å². The van der Waals surface area contributed by atoms with E-state index in [-0.39, 0.29) is 12.5 Å². The highest BCUT2D eigenvalue weighted by Gasteiger charge is 2.22. The number of benzene rings is 1. The fraction of sp³-hybridized carbons (Fsp3) is 0.368. The van der Waals surface area contributed by atoms with Crippen LogP contribution < -0.4 is 0 Å². The first-order valence-corrected chi connectivity index (χ1v) is 8.38. The van der Waals surface area contributed by atoms with Gasteiger partial charge in [-0.25, -0.2) is 8.78 Å². The number of halogens is 2. The lowest BCUT2D eigenvalue weighted by Gasteiger charge is -2.23. The predicted molar refractivity (Wildman–Crippen MR) is 90.7 cm³/mol. The molecule has 0 atom stereocenters. The van der Waals surface area contributed by atoms with E-state index in [9.17, 15) is 13.6 Å². The highest BCUT2D eigenvalue weighted by atomic mass is 19.1. The van der Waals surface area contributed by atoms with Crippen LogP contribution in [0.3, 0.4) is 0 Å². The molecule has 132 valence electrons. The van der Waals surface area contributed by atoms with Crippen molar-refractivity contribution in [2.75, 3.05) is 0 Å². The number of carbonyl (C=O) groups excluding carboxylic acids is 1. The Hall–Kier alpha value is -2.50. The zero-order valence-electron chi connectivity index (χ0n) is 14.3. The number of aryl methyl sites for hydroxylation is 2. The van der Waals surface area contributed by atoms with Crippen LogP contribution in [0, 0.1) is 11.6 Å². The average Bonchev–Trinajstić information content (AvgIpc) is 2.88. The van der Waals surface area contributed by atoms with E-state index in [4.69, 9.17) is 0 Å².